The molecular formula is C14H25N5. The number of allylic oxidation sites excluding steroid dienone is 1. The number of H-pyrrole nitrogens is 1. The summed E-state index contributed by atoms with van der Waals surface area (Å²) < 4.78 is 0. The summed E-state index contributed by atoms with van der Waals surface area (Å²) in [4.78, 5) is 6.66. The van der Waals surface area contributed by atoms with Crippen molar-refractivity contribution in [3.05, 3.63) is 23.8 Å². The van der Waals surface area contributed by atoms with Gasteiger partial charge < -0.3 is 5.32 Å². The van der Waals surface area contributed by atoms with Gasteiger partial charge in [0.2, 0.25) is 0 Å². The van der Waals surface area contributed by atoms with Crippen molar-refractivity contribution >= 4 is 0 Å². The third-order valence-electron chi connectivity index (χ3n) is 3.61. The maximum atomic E-state index is 4.13. The molecule has 0 atom stereocenters. The summed E-state index contributed by atoms with van der Waals surface area (Å²) >= 11 is 0. The van der Waals surface area contributed by atoms with Gasteiger partial charge in [0.25, 0.3) is 0 Å². The zero-order valence-electron chi connectivity index (χ0n) is 12.0. The van der Waals surface area contributed by atoms with Crippen molar-refractivity contribution in [3.8, 4) is 0 Å². The van der Waals surface area contributed by atoms with E-state index >= 15 is 0 Å². The minimum absolute atomic E-state index is 0.658. The van der Waals surface area contributed by atoms with Gasteiger partial charge in [-0.1, -0.05) is 11.6 Å². The van der Waals surface area contributed by atoms with Gasteiger partial charge in [-0.15, -0.1) is 0 Å². The first-order valence-corrected chi connectivity index (χ1v) is 7.17. The minimum Gasteiger partial charge on any atom is -0.313 e. The predicted octanol–water partition coefficient (Wildman–Crippen LogP) is 1.37. The van der Waals surface area contributed by atoms with E-state index in [1.165, 1.54) is 31.5 Å². The lowest BCUT2D eigenvalue weighted by Crippen LogP contribution is -2.43. The Hall–Kier alpha value is -1.20. The normalized spacial score (nSPS) is 17.6. The van der Waals surface area contributed by atoms with Crippen LogP contribution < -0.4 is 5.32 Å². The zero-order valence-corrected chi connectivity index (χ0v) is 12.0. The highest BCUT2D eigenvalue weighted by Gasteiger charge is 2.17. The lowest BCUT2D eigenvalue weighted by atomic mass is 10.0. The van der Waals surface area contributed by atoms with Gasteiger partial charge in [-0.2, -0.15) is 5.10 Å². The van der Waals surface area contributed by atoms with Crippen molar-refractivity contribution in [2.24, 2.45) is 0 Å². The fraction of sp³-hybridized carbons (Fsp3) is 0.714. The third kappa shape index (κ3) is 5.12. The predicted molar refractivity (Wildman–Crippen MR) is 77.0 cm³/mol. The first-order chi connectivity index (χ1) is 9.24. The molecule has 1 aromatic heterocycles. The summed E-state index contributed by atoms with van der Waals surface area (Å²) in [7, 11) is 0. The van der Waals surface area contributed by atoms with Gasteiger partial charge >= 0.3 is 0 Å². The average Bonchev–Trinajstić information content (AvgIpc) is 2.91. The SMILES string of the molecule is CC(C)=CCN1CCC(NCCc2ncn[nH]2)CC1. The van der Waals surface area contributed by atoms with E-state index in [1.54, 1.807) is 6.33 Å². The Morgan fingerprint density at radius 3 is 2.89 bits per heavy atom. The molecule has 1 aliphatic rings. The molecule has 0 unspecified atom stereocenters. The molecule has 5 nitrogen and oxygen atoms in total. The van der Waals surface area contributed by atoms with Crippen LogP contribution in [-0.2, 0) is 6.42 Å². The molecule has 1 aliphatic heterocycles. The fourth-order valence-electron chi connectivity index (χ4n) is 2.38. The molecule has 2 heterocycles. The van der Waals surface area contributed by atoms with Crippen LogP contribution in [0.5, 0.6) is 0 Å². The standard InChI is InChI=1S/C14H25N5/c1-12(2)4-8-19-9-5-13(6-10-19)15-7-3-14-16-11-17-18-14/h4,11,13,15H,3,5-10H2,1-2H3,(H,16,17,18). The topological polar surface area (TPSA) is 56.8 Å². The molecule has 2 rings (SSSR count). The van der Waals surface area contributed by atoms with E-state index < -0.39 is 0 Å². The van der Waals surface area contributed by atoms with E-state index in [0.29, 0.717) is 6.04 Å². The molecular weight excluding hydrogens is 238 g/mol. The highest BCUT2D eigenvalue weighted by atomic mass is 15.2. The number of nitrogens with zero attached hydrogens (tertiary/aromatic N) is 3. The minimum atomic E-state index is 0.658. The molecule has 1 fully saturated rings. The van der Waals surface area contributed by atoms with Crippen LogP contribution >= 0.6 is 0 Å². The molecule has 1 saturated heterocycles. The summed E-state index contributed by atoms with van der Waals surface area (Å²) in [6.45, 7) is 8.81. The summed E-state index contributed by atoms with van der Waals surface area (Å²) in [6.07, 6.45) is 7.30. The van der Waals surface area contributed by atoms with Crippen molar-refractivity contribution in [1.29, 1.82) is 0 Å². The molecule has 0 saturated carbocycles. The van der Waals surface area contributed by atoms with E-state index in [0.717, 1.165) is 25.3 Å². The van der Waals surface area contributed by atoms with Gasteiger partial charge in [-0.05, 0) is 39.8 Å². The molecule has 19 heavy (non-hydrogen) atoms. The monoisotopic (exact) mass is 263 g/mol. The van der Waals surface area contributed by atoms with Gasteiger partial charge in [0.1, 0.15) is 12.2 Å². The van der Waals surface area contributed by atoms with Gasteiger partial charge in [-0.25, -0.2) is 4.98 Å². The van der Waals surface area contributed by atoms with Crippen LogP contribution in [-0.4, -0.2) is 52.3 Å². The van der Waals surface area contributed by atoms with Crippen molar-refractivity contribution in [1.82, 2.24) is 25.4 Å². The van der Waals surface area contributed by atoms with Crippen molar-refractivity contribution < 1.29 is 0 Å². The fourth-order valence-corrected chi connectivity index (χ4v) is 2.38. The van der Waals surface area contributed by atoms with E-state index in [1.807, 2.05) is 0 Å². The Morgan fingerprint density at radius 2 is 2.26 bits per heavy atom. The number of piperidine rings is 1. The Balaban J connectivity index is 1.59. The van der Waals surface area contributed by atoms with E-state index in [-0.39, 0.29) is 0 Å². The second-order valence-electron chi connectivity index (χ2n) is 5.49. The number of aromatic amines is 1. The second-order valence-corrected chi connectivity index (χ2v) is 5.49. The maximum Gasteiger partial charge on any atom is 0.137 e. The zero-order chi connectivity index (χ0) is 13.5. The Kier molecular flexibility index (Phi) is 5.54. The number of hydrogen-bond donors (Lipinski definition) is 2. The third-order valence-corrected chi connectivity index (χ3v) is 3.61. The van der Waals surface area contributed by atoms with Crippen LogP contribution in [0.15, 0.2) is 18.0 Å². The Morgan fingerprint density at radius 1 is 1.47 bits per heavy atom. The highest BCUT2D eigenvalue weighted by Crippen LogP contribution is 2.10. The lowest BCUT2D eigenvalue weighted by molar-refractivity contribution is 0.215. The summed E-state index contributed by atoms with van der Waals surface area (Å²) in [6, 6.07) is 0.658. The molecule has 0 aliphatic carbocycles. The maximum absolute atomic E-state index is 4.13. The number of hydrogen-bond acceptors (Lipinski definition) is 4. The lowest BCUT2D eigenvalue weighted by Gasteiger charge is -2.31. The molecule has 0 radical (unpaired) electrons. The quantitative estimate of drug-likeness (QED) is 0.761. The number of likely N-dealkylation sites (tertiary alicyclic amines) is 1. The summed E-state index contributed by atoms with van der Waals surface area (Å²) in [5.41, 5.74) is 1.41. The molecule has 5 heteroatoms. The number of aromatic nitrogens is 3. The Bertz CT molecular complexity index is 373. The van der Waals surface area contributed by atoms with Gasteiger partial charge in [0.05, 0.1) is 0 Å². The van der Waals surface area contributed by atoms with Crippen LogP contribution in [0.25, 0.3) is 0 Å². The number of nitrogens with one attached hydrogen (secondary N) is 2. The van der Waals surface area contributed by atoms with Crippen LogP contribution in [0, 0.1) is 0 Å². The van der Waals surface area contributed by atoms with Crippen LogP contribution in [0.2, 0.25) is 0 Å². The first-order valence-electron chi connectivity index (χ1n) is 7.17. The molecule has 0 amide bonds. The van der Waals surface area contributed by atoms with Crippen LogP contribution in [0.1, 0.15) is 32.5 Å². The molecule has 1 aromatic rings. The van der Waals surface area contributed by atoms with Gasteiger partial charge in [0, 0.05) is 25.6 Å². The van der Waals surface area contributed by atoms with Crippen molar-refractivity contribution in [3.63, 3.8) is 0 Å². The summed E-state index contributed by atoms with van der Waals surface area (Å²) in [5.74, 6) is 0.966. The van der Waals surface area contributed by atoms with E-state index in [9.17, 15) is 0 Å². The second kappa shape index (κ2) is 7.40. The highest BCUT2D eigenvalue weighted by molar-refractivity contribution is 4.95. The molecule has 106 valence electrons. The Labute approximate surface area is 115 Å². The van der Waals surface area contributed by atoms with Crippen LogP contribution in [0.3, 0.4) is 0 Å². The van der Waals surface area contributed by atoms with Gasteiger partial charge in [-0.3, -0.25) is 10.00 Å². The largest absolute Gasteiger partial charge is 0.313 e. The van der Waals surface area contributed by atoms with Crippen molar-refractivity contribution in [2.45, 2.75) is 39.2 Å². The van der Waals surface area contributed by atoms with Crippen LogP contribution in [0.4, 0.5) is 0 Å². The first kappa shape index (κ1) is 14.2. The van der Waals surface area contributed by atoms with Crippen molar-refractivity contribution in [2.75, 3.05) is 26.2 Å². The molecule has 0 aromatic carbocycles. The van der Waals surface area contributed by atoms with E-state index in [4.69, 9.17) is 0 Å². The number of rotatable bonds is 6. The van der Waals surface area contributed by atoms with Gasteiger partial charge in [0.15, 0.2) is 0 Å². The average molecular weight is 263 g/mol. The molecule has 2 N–H and O–H groups in total. The summed E-state index contributed by atoms with van der Waals surface area (Å²) in [5, 5.41) is 10.4. The molecule has 0 bridgehead atoms. The smallest absolute Gasteiger partial charge is 0.137 e. The van der Waals surface area contributed by atoms with E-state index in [2.05, 4.69) is 45.3 Å². The molecule has 0 spiro atoms.